The standard InChI is InChI=1S/C44H50N12O10S4/c1-23-43(65)67-19-31(51-39(61)29-15-45-25-11-7-9-13-27(25)49-29)37(59)47-18-36(58)56(6)34-22-70-69-21-33(41(63)53(23)3)55(5)35(57)17-48-38(60)32(20-68-44(66)24(2)54(4)42(34)64)52-40(62)30-16-46-26-12-8-10-14-28(26)50-30/h7-16,23-24,31-34H,17-22H2,1-6H3,(H,47,59)(H,48,60)(H,51,61)(H,52,62)/t23-,24-,31+,32+,33-,34-/m0/s1. The molecule has 4 aromatic rings. The van der Waals surface area contributed by atoms with E-state index in [9.17, 15) is 47.9 Å². The minimum atomic E-state index is -1.43. The normalized spacial score (nSPS) is 23.7. The number of hydrogen-bond donors (Lipinski definition) is 4. The number of nitrogens with one attached hydrogen (secondary N) is 4. The van der Waals surface area contributed by atoms with Crippen LogP contribution < -0.4 is 21.3 Å². The van der Waals surface area contributed by atoms with E-state index in [1.165, 1.54) is 54.4 Å². The van der Waals surface area contributed by atoms with E-state index in [4.69, 9.17) is 0 Å². The molecule has 0 spiro atoms. The van der Waals surface area contributed by atoms with Crippen molar-refractivity contribution in [2.45, 2.75) is 50.1 Å². The minimum Gasteiger partial charge on any atom is -0.345 e. The van der Waals surface area contributed by atoms with Gasteiger partial charge in [-0.25, -0.2) is 9.97 Å². The van der Waals surface area contributed by atoms with Gasteiger partial charge in [-0.15, -0.1) is 0 Å². The van der Waals surface area contributed by atoms with Crippen LogP contribution in [0.5, 0.6) is 0 Å². The average Bonchev–Trinajstić information content (AvgIpc) is 3.37. The molecule has 2 aliphatic rings. The fourth-order valence-electron chi connectivity index (χ4n) is 6.80. The molecule has 2 aromatic carbocycles. The molecule has 0 saturated carbocycles. The van der Waals surface area contributed by atoms with Gasteiger partial charge >= 0.3 is 0 Å². The number of fused-ring (bicyclic) bond motifs is 7. The van der Waals surface area contributed by atoms with E-state index in [0.29, 0.717) is 45.6 Å². The maximum absolute atomic E-state index is 14.4. The lowest BCUT2D eigenvalue weighted by molar-refractivity contribution is -0.145. The van der Waals surface area contributed by atoms with Crippen molar-refractivity contribution in [3.8, 4) is 0 Å². The number of benzene rings is 2. The summed E-state index contributed by atoms with van der Waals surface area (Å²) in [5.41, 5.74) is 1.61. The molecule has 4 heterocycles. The summed E-state index contributed by atoms with van der Waals surface area (Å²) < 4.78 is 0. The number of para-hydroxylation sites is 4. The average molecular weight is 1040 g/mol. The summed E-state index contributed by atoms with van der Waals surface area (Å²) in [5.74, 6) is -7.00. The number of aromatic nitrogens is 4. The number of likely N-dealkylation sites (N-methyl/N-ethyl adjacent to an activating group) is 4. The molecule has 2 fully saturated rings. The zero-order chi connectivity index (χ0) is 50.8. The quantitative estimate of drug-likeness (QED) is 0.195. The number of hydrogen-bond acceptors (Lipinski definition) is 18. The molecular formula is C44H50N12O10S4. The van der Waals surface area contributed by atoms with Crippen molar-refractivity contribution in [3.63, 3.8) is 0 Å². The van der Waals surface area contributed by atoms with Crippen LogP contribution >= 0.6 is 45.1 Å². The molecule has 4 N–H and O–H groups in total. The smallest absolute Gasteiger partial charge is 0.272 e. The Labute approximate surface area is 418 Å². The lowest BCUT2D eigenvalue weighted by Crippen LogP contribution is -2.56. The van der Waals surface area contributed by atoms with Gasteiger partial charge in [-0.3, -0.25) is 57.9 Å². The molecule has 2 bridgehead atoms. The molecule has 2 aromatic heterocycles. The van der Waals surface area contributed by atoms with Crippen molar-refractivity contribution >= 4 is 125 Å². The topological polar surface area (TPSA) is 283 Å². The van der Waals surface area contributed by atoms with E-state index < -0.39 is 107 Å². The minimum absolute atomic E-state index is 0.0919. The summed E-state index contributed by atoms with van der Waals surface area (Å²) in [5, 5.41) is 9.01. The predicted molar refractivity (Wildman–Crippen MR) is 265 cm³/mol. The molecule has 0 radical (unpaired) electrons. The second-order valence-electron chi connectivity index (χ2n) is 16.1. The Balaban J connectivity index is 1.30. The van der Waals surface area contributed by atoms with Crippen LogP contribution in [0.1, 0.15) is 34.8 Å². The summed E-state index contributed by atoms with van der Waals surface area (Å²) in [6, 6.07) is 6.01. The van der Waals surface area contributed by atoms with Crippen LogP contribution in [-0.2, 0) is 38.4 Å². The Morgan fingerprint density at radius 2 is 0.900 bits per heavy atom. The van der Waals surface area contributed by atoms with E-state index >= 15 is 0 Å². The second kappa shape index (κ2) is 24.0. The molecule has 26 heteroatoms. The Morgan fingerprint density at radius 3 is 1.27 bits per heavy atom. The number of carbonyl (C=O) groups is 10. The van der Waals surface area contributed by atoms with E-state index in [1.54, 1.807) is 48.5 Å². The van der Waals surface area contributed by atoms with Gasteiger partial charge < -0.3 is 40.9 Å². The van der Waals surface area contributed by atoms with Gasteiger partial charge in [-0.05, 0) is 38.1 Å². The lowest BCUT2D eigenvalue weighted by Gasteiger charge is -2.34. The van der Waals surface area contributed by atoms with Gasteiger partial charge in [-0.2, -0.15) is 0 Å². The third kappa shape index (κ3) is 12.9. The summed E-state index contributed by atoms with van der Waals surface area (Å²) in [6.07, 6.45) is 2.46. The van der Waals surface area contributed by atoms with E-state index in [2.05, 4.69) is 41.2 Å². The first-order valence-corrected chi connectivity index (χ1v) is 26.0. The van der Waals surface area contributed by atoms with E-state index in [1.807, 2.05) is 0 Å². The van der Waals surface area contributed by atoms with Crippen LogP contribution in [0.3, 0.4) is 0 Å². The number of rotatable bonds is 4. The zero-order valence-corrected chi connectivity index (χ0v) is 42.0. The Bertz CT molecular complexity index is 2540. The summed E-state index contributed by atoms with van der Waals surface area (Å²) in [6.45, 7) is 1.62. The van der Waals surface area contributed by atoms with Crippen molar-refractivity contribution in [3.05, 3.63) is 72.3 Å². The van der Waals surface area contributed by atoms with Crippen LogP contribution in [0.25, 0.3) is 22.1 Å². The maximum Gasteiger partial charge on any atom is 0.272 e. The number of carbonyl (C=O) groups excluding carboxylic acids is 10. The monoisotopic (exact) mass is 1030 g/mol. The predicted octanol–water partition coefficient (Wildman–Crippen LogP) is -0.0216. The lowest BCUT2D eigenvalue weighted by atomic mass is 10.2. The van der Waals surface area contributed by atoms with Crippen LogP contribution in [-0.4, -0.2) is 198 Å². The largest absolute Gasteiger partial charge is 0.345 e. The third-order valence-electron chi connectivity index (χ3n) is 11.6. The molecule has 8 amide bonds. The van der Waals surface area contributed by atoms with Gasteiger partial charge in [0.05, 0.1) is 59.6 Å². The van der Waals surface area contributed by atoms with Crippen LogP contribution in [0.4, 0.5) is 0 Å². The molecule has 0 unspecified atom stereocenters. The van der Waals surface area contributed by atoms with Crippen molar-refractivity contribution in [1.29, 1.82) is 0 Å². The fourth-order valence-corrected chi connectivity index (χ4v) is 11.3. The van der Waals surface area contributed by atoms with Crippen LogP contribution in [0, 0.1) is 0 Å². The summed E-state index contributed by atoms with van der Waals surface area (Å²) in [7, 11) is 7.63. The molecule has 2 saturated heterocycles. The molecule has 370 valence electrons. The van der Waals surface area contributed by atoms with Crippen molar-refractivity contribution in [2.75, 3.05) is 64.3 Å². The summed E-state index contributed by atoms with van der Waals surface area (Å²) >= 11 is 1.29. The van der Waals surface area contributed by atoms with Gasteiger partial charge in [0.15, 0.2) is 0 Å². The molecule has 6 atom stereocenters. The number of amides is 8. The molecule has 70 heavy (non-hydrogen) atoms. The first-order valence-electron chi connectivity index (χ1n) is 21.6. The molecule has 22 nitrogen and oxygen atoms in total. The molecule has 0 aliphatic carbocycles. The molecular weight excluding hydrogens is 985 g/mol. The first kappa shape index (κ1) is 53.0. The highest BCUT2D eigenvalue weighted by Crippen LogP contribution is 2.28. The number of nitrogens with zero attached hydrogens (tertiary/aromatic N) is 8. The maximum atomic E-state index is 14.4. The van der Waals surface area contributed by atoms with Gasteiger partial charge in [0, 0.05) is 51.2 Å². The second-order valence-corrected chi connectivity index (χ2v) is 20.7. The zero-order valence-electron chi connectivity index (χ0n) is 38.8. The Kier molecular flexibility index (Phi) is 18.1. The highest BCUT2D eigenvalue weighted by Gasteiger charge is 2.38. The van der Waals surface area contributed by atoms with E-state index in [0.717, 1.165) is 41.2 Å². The molecule has 6 rings (SSSR count). The SMILES string of the molecule is C[C@H]1C(=O)SC[C@@H](NC(=O)c2cnc3ccccc3n2)C(=O)NCC(=O)N(C)[C@H]2CSSC[C@@H](C(=O)N1C)N(C)C(=O)CNC(=O)[C@H](NC(=O)c1cnc3ccccc3n1)CSC(=O)[C@H](C)N(C)C2=O. The van der Waals surface area contributed by atoms with Gasteiger partial charge in [0.2, 0.25) is 45.7 Å². The number of thioether (sulfide) groups is 2. The van der Waals surface area contributed by atoms with Crippen LogP contribution in [0.2, 0.25) is 0 Å². The first-order chi connectivity index (χ1) is 33.4. The van der Waals surface area contributed by atoms with E-state index in [-0.39, 0.29) is 34.4 Å². The van der Waals surface area contributed by atoms with Crippen molar-refractivity contribution < 1.29 is 47.9 Å². The highest BCUT2D eigenvalue weighted by atomic mass is 33.1. The van der Waals surface area contributed by atoms with Gasteiger partial charge in [0.25, 0.3) is 11.8 Å². The van der Waals surface area contributed by atoms with Gasteiger partial charge in [-0.1, -0.05) is 69.4 Å². The van der Waals surface area contributed by atoms with Crippen molar-refractivity contribution in [2.24, 2.45) is 0 Å². The Hall–Kier alpha value is -6.38. The Morgan fingerprint density at radius 1 is 0.543 bits per heavy atom. The van der Waals surface area contributed by atoms with Crippen LogP contribution in [0.15, 0.2) is 60.9 Å². The third-order valence-corrected chi connectivity index (χ3v) is 16.2. The van der Waals surface area contributed by atoms with Crippen molar-refractivity contribution in [1.82, 2.24) is 60.8 Å². The highest BCUT2D eigenvalue weighted by molar-refractivity contribution is 8.76. The fraction of sp³-hybridized carbons (Fsp3) is 0.409. The summed E-state index contributed by atoms with van der Waals surface area (Å²) in [4.78, 5) is 160. The van der Waals surface area contributed by atoms with Gasteiger partial charge in [0.1, 0.15) is 35.6 Å². The molecule has 2 aliphatic heterocycles.